The van der Waals surface area contributed by atoms with Gasteiger partial charge in [-0.3, -0.25) is 9.36 Å². The van der Waals surface area contributed by atoms with E-state index in [1.807, 2.05) is 12.1 Å². The fourth-order valence-electron chi connectivity index (χ4n) is 2.30. The highest BCUT2D eigenvalue weighted by atomic mass is 16.5. The first-order valence-electron chi connectivity index (χ1n) is 5.73. The zero-order chi connectivity index (χ0) is 12.9. The van der Waals surface area contributed by atoms with Crippen LogP contribution in [0, 0.1) is 0 Å². The molecule has 0 N–H and O–H groups in total. The number of fused-ring (bicyclic) bond motifs is 1. The molecule has 0 aliphatic carbocycles. The molecule has 1 aliphatic heterocycles. The second kappa shape index (κ2) is 3.55. The van der Waals surface area contributed by atoms with Gasteiger partial charge < -0.3 is 9.15 Å². The van der Waals surface area contributed by atoms with E-state index in [0.717, 1.165) is 5.56 Å². The van der Waals surface area contributed by atoms with Crippen LogP contribution < -0.4 is 5.76 Å². The van der Waals surface area contributed by atoms with Gasteiger partial charge in [0.15, 0.2) is 5.58 Å². The smallest absolute Gasteiger partial charge is 0.408 e. The van der Waals surface area contributed by atoms with Crippen molar-refractivity contribution in [2.45, 2.75) is 12.3 Å². The molecule has 1 saturated heterocycles. The number of hydrogen-bond donors (Lipinski definition) is 0. The Balaban J connectivity index is 2.22. The van der Waals surface area contributed by atoms with Gasteiger partial charge in [0.2, 0.25) is 0 Å². The van der Waals surface area contributed by atoms with Crippen molar-refractivity contribution in [3.05, 3.63) is 34.3 Å². The first-order chi connectivity index (χ1) is 8.54. The van der Waals surface area contributed by atoms with Crippen molar-refractivity contribution in [2.24, 2.45) is 7.05 Å². The summed E-state index contributed by atoms with van der Waals surface area (Å²) < 4.78 is 11.7. The highest BCUT2D eigenvalue weighted by Gasteiger charge is 2.45. The van der Waals surface area contributed by atoms with Gasteiger partial charge in [-0.2, -0.15) is 0 Å². The Labute approximate surface area is 103 Å². The Bertz CT molecular complexity index is 691. The largest absolute Gasteiger partial charge is 0.419 e. The number of nitrogens with zero attached hydrogens (tertiary/aromatic N) is 1. The van der Waals surface area contributed by atoms with Gasteiger partial charge in [0.05, 0.1) is 18.7 Å². The predicted octanol–water partition coefficient (Wildman–Crippen LogP) is 0.988. The topological polar surface area (TPSA) is 61.4 Å². The molecule has 1 aromatic heterocycles. The van der Waals surface area contributed by atoms with E-state index in [2.05, 4.69) is 0 Å². The third kappa shape index (κ3) is 1.31. The molecule has 0 unspecified atom stereocenters. The molecule has 94 valence electrons. The van der Waals surface area contributed by atoms with E-state index in [1.165, 1.54) is 4.57 Å². The minimum absolute atomic E-state index is 0.0848. The number of ether oxygens (including phenoxy) is 1. The molecule has 0 spiro atoms. The third-order valence-corrected chi connectivity index (χ3v) is 3.71. The number of aromatic nitrogens is 1. The quantitative estimate of drug-likeness (QED) is 0.794. The first-order valence-corrected chi connectivity index (χ1v) is 5.73. The van der Waals surface area contributed by atoms with Gasteiger partial charge in [0.1, 0.15) is 11.2 Å². The van der Waals surface area contributed by atoms with Gasteiger partial charge in [0.25, 0.3) is 0 Å². The molecule has 5 nitrogen and oxygen atoms in total. The van der Waals surface area contributed by atoms with Crippen LogP contribution in [0.15, 0.2) is 27.4 Å². The summed E-state index contributed by atoms with van der Waals surface area (Å²) in [5.74, 6) is -0.314. The van der Waals surface area contributed by atoms with E-state index >= 15 is 0 Å². The lowest BCUT2D eigenvalue weighted by molar-refractivity contribution is -0.140. The molecule has 1 aromatic carbocycles. The highest BCUT2D eigenvalue weighted by Crippen LogP contribution is 2.34. The van der Waals surface area contributed by atoms with Crippen molar-refractivity contribution in [2.75, 3.05) is 13.2 Å². The van der Waals surface area contributed by atoms with Crippen LogP contribution in [0.4, 0.5) is 0 Å². The molecule has 0 atom stereocenters. The molecule has 2 aromatic rings. The number of rotatable bonds is 2. The zero-order valence-electron chi connectivity index (χ0n) is 10.2. The fraction of sp³-hybridized carbons (Fsp3) is 0.385. The third-order valence-electron chi connectivity index (χ3n) is 3.71. The molecular formula is C13H13NO4. The molecule has 0 bridgehead atoms. The molecule has 2 heterocycles. The van der Waals surface area contributed by atoms with Crippen LogP contribution in [-0.2, 0) is 22.0 Å². The Morgan fingerprint density at radius 2 is 2.11 bits per heavy atom. The van der Waals surface area contributed by atoms with Gasteiger partial charge in [-0.05, 0) is 24.6 Å². The van der Waals surface area contributed by atoms with Gasteiger partial charge >= 0.3 is 5.76 Å². The van der Waals surface area contributed by atoms with E-state index in [-0.39, 0.29) is 5.78 Å². The normalized spacial score (nSPS) is 17.7. The van der Waals surface area contributed by atoms with Crippen molar-refractivity contribution in [3.8, 4) is 0 Å². The molecule has 0 saturated carbocycles. The van der Waals surface area contributed by atoms with E-state index in [9.17, 15) is 9.59 Å². The van der Waals surface area contributed by atoms with E-state index < -0.39 is 11.2 Å². The van der Waals surface area contributed by atoms with Crippen LogP contribution >= 0.6 is 0 Å². The van der Waals surface area contributed by atoms with E-state index in [0.29, 0.717) is 24.3 Å². The predicted molar refractivity (Wildman–Crippen MR) is 64.6 cm³/mol. The Hall–Kier alpha value is -1.88. The summed E-state index contributed by atoms with van der Waals surface area (Å²) in [7, 11) is 1.65. The number of carbonyl (C=O) groups excluding carboxylic acids is 1. The number of oxazole rings is 1. The number of carbonyl (C=O) groups is 1. The summed E-state index contributed by atoms with van der Waals surface area (Å²) >= 11 is 0. The molecular weight excluding hydrogens is 234 g/mol. The summed E-state index contributed by atoms with van der Waals surface area (Å²) in [5.41, 5.74) is 1.56. The molecule has 3 rings (SSSR count). The SMILES string of the molecule is CC(=O)C1(c2ccc3oc(=O)n(C)c3c2)COC1. The fourth-order valence-corrected chi connectivity index (χ4v) is 2.30. The van der Waals surface area contributed by atoms with Gasteiger partial charge in [0, 0.05) is 7.05 Å². The molecule has 5 heteroatoms. The molecule has 1 fully saturated rings. The number of aryl methyl sites for hydroxylation is 1. The van der Waals surface area contributed by atoms with E-state index in [4.69, 9.17) is 9.15 Å². The lowest BCUT2D eigenvalue weighted by Gasteiger charge is -2.39. The number of benzene rings is 1. The zero-order valence-corrected chi connectivity index (χ0v) is 10.2. The van der Waals surface area contributed by atoms with Gasteiger partial charge in [-0.1, -0.05) is 6.07 Å². The summed E-state index contributed by atoms with van der Waals surface area (Å²) in [6.07, 6.45) is 0. The number of Topliss-reactive ketones (excluding diaryl/α,β-unsaturated/α-hetero) is 1. The average Bonchev–Trinajstić information content (AvgIpc) is 2.53. The summed E-state index contributed by atoms with van der Waals surface area (Å²) in [5, 5.41) is 0. The second-order valence-electron chi connectivity index (χ2n) is 4.74. The van der Waals surface area contributed by atoms with Crippen LogP contribution in [0.2, 0.25) is 0 Å². The van der Waals surface area contributed by atoms with E-state index in [1.54, 1.807) is 20.0 Å². The first kappa shape index (κ1) is 11.2. The van der Waals surface area contributed by atoms with Crippen LogP contribution in [0.25, 0.3) is 11.1 Å². The van der Waals surface area contributed by atoms with Gasteiger partial charge in [-0.15, -0.1) is 0 Å². The lowest BCUT2D eigenvalue weighted by Crippen LogP contribution is -2.52. The minimum atomic E-state index is -0.554. The van der Waals surface area contributed by atoms with Crippen LogP contribution in [0.1, 0.15) is 12.5 Å². The summed E-state index contributed by atoms with van der Waals surface area (Å²) in [6, 6.07) is 5.40. The average molecular weight is 247 g/mol. The molecule has 0 radical (unpaired) electrons. The van der Waals surface area contributed by atoms with Crippen molar-refractivity contribution in [1.82, 2.24) is 4.57 Å². The van der Waals surface area contributed by atoms with Crippen LogP contribution in [0.3, 0.4) is 0 Å². The number of ketones is 1. The molecule has 1 aliphatic rings. The molecule has 0 amide bonds. The Kier molecular flexibility index (Phi) is 2.22. The van der Waals surface area contributed by atoms with Crippen LogP contribution in [0.5, 0.6) is 0 Å². The summed E-state index contributed by atoms with van der Waals surface area (Å²) in [4.78, 5) is 23.2. The maximum Gasteiger partial charge on any atom is 0.419 e. The molecule has 18 heavy (non-hydrogen) atoms. The second-order valence-corrected chi connectivity index (χ2v) is 4.74. The standard InChI is InChI=1S/C13H13NO4/c1-8(15)13(6-17-7-13)9-3-4-11-10(5-9)14(2)12(16)18-11/h3-5H,6-7H2,1-2H3. The van der Waals surface area contributed by atoms with Crippen molar-refractivity contribution >= 4 is 16.9 Å². The Morgan fingerprint density at radius 1 is 1.39 bits per heavy atom. The lowest BCUT2D eigenvalue weighted by atomic mass is 9.75. The van der Waals surface area contributed by atoms with Crippen molar-refractivity contribution in [1.29, 1.82) is 0 Å². The Morgan fingerprint density at radius 3 is 2.67 bits per heavy atom. The van der Waals surface area contributed by atoms with Crippen molar-refractivity contribution < 1.29 is 13.9 Å². The summed E-state index contributed by atoms with van der Waals surface area (Å²) in [6.45, 7) is 2.38. The number of hydrogen-bond acceptors (Lipinski definition) is 4. The minimum Gasteiger partial charge on any atom is -0.408 e. The monoisotopic (exact) mass is 247 g/mol. The highest BCUT2D eigenvalue weighted by molar-refractivity contribution is 5.90. The maximum absolute atomic E-state index is 11.8. The van der Waals surface area contributed by atoms with Gasteiger partial charge in [-0.25, -0.2) is 4.79 Å². The maximum atomic E-state index is 11.8. The van der Waals surface area contributed by atoms with Crippen molar-refractivity contribution in [3.63, 3.8) is 0 Å². The van der Waals surface area contributed by atoms with Crippen LogP contribution in [-0.4, -0.2) is 23.6 Å².